The van der Waals surface area contributed by atoms with Crippen molar-refractivity contribution in [2.24, 2.45) is 10.4 Å². The van der Waals surface area contributed by atoms with Crippen LogP contribution in [0.2, 0.25) is 0 Å². The number of nitrogens with zero attached hydrogens (tertiary/aromatic N) is 1. The Bertz CT molecular complexity index is 305. The Hall–Kier alpha value is -0.900. The van der Waals surface area contributed by atoms with Gasteiger partial charge < -0.3 is 10.1 Å². The average Bonchev–Trinajstić information content (AvgIpc) is 2.55. The van der Waals surface area contributed by atoms with E-state index in [0.717, 1.165) is 12.8 Å². The monoisotopic (exact) mass is 240 g/mol. The van der Waals surface area contributed by atoms with E-state index < -0.39 is 0 Å². The molecule has 2 atom stereocenters. The van der Waals surface area contributed by atoms with E-state index in [0.29, 0.717) is 12.4 Å². The van der Waals surface area contributed by atoms with Crippen molar-refractivity contribution in [3.63, 3.8) is 0 Å². The summed E-state index contributed by atoms with van der Waals surface area (Å²) in [5, 5.41) is 2.87. The minimum Gasteiger partial charge on any atom is -0.370 e. The zero-order valence-electron chi connectivity index (χ0n) is 11.5. The molecule has 17 heavy (non-hydrogen) atoms. The first-order valence-electron chi connectivity index (χ1n) is 6.40. The van der Waals surface area contributed by atoms with E-state index in [1.165, 1.54) is 0 Å². The fourth-order valence-electron chi connectivity index (χ4n) is 1.98. The van der Waals surface area contributed by atoms with E-state index in [1.54, 1.807) is 0 Å². The second-order valence-electron chi connectivity index (χ2n) is 5.51. The van der Waals surface area contributed by atoms with Gasteiger partial charge in [-0.15, -0.1) is 0 Å². The molecule has 0 aromatic carbocycles. The van der Waals surface area contributed by atoms with Crippen molar-refractivity contribution in [2.75, 3.05) is 6.61 Å². The van der Waals surface area contributed by atoms with Gasteiger partial charge in [-0.05, 0) is 18.8 Å². The minimum absolute atomic E-state index is 0.0100. The normalized spacial score (nSPS) is 22.3. The van der Waals surface area contributed by atoms with Crippen LogP contribution in [-0.4, -0.2) is 30.5 Å². The van der Waals surface area contributed by atoms with Gasteiger partial charge in [0, 0.05) is 6.61 Å². The van der Waals surface area contributed by atoms with Crippen molar-refractivity contribution in [3.8, 4) is 0 Å². The Balaban J connectivity index is 2.83. The molecule has 1 heterocycles. The van der Waals surface area contributed by atoms with Crippen LogP contribution >= 0.6 is 0 Å². The minimum atomic E-state index is -0.222. The number of hydrogen-bond donors (Lipinski definition) is 1. The second kappa shape index (κ2) is 5.63. The number of carbonyl (C=O) groups is 1. The SMILES string of the molecule is CCCC1N=C(C(OCC)C(C)(C)C)NC1=O. The molecule has 0 aromatic rings. The summed E-state index contributed by atoms with van der Waals surface area (Å²) in [6.07, 6.45) is 1.63. The maximum atomic E-state index is 11.7. The third-order valence-electron chi connectivity index (χ3n) is 2.78. The summed E-state index contributed by atoms with van der Waals surface area (Å²) in [6, 6.07) is -0.222. The molecule has 1 N–H and O–H groups in total. The van der Waals surface area contributed by atoms with E-state index >= 15 is 0 Å². The van der Waals surface area contributed by atoms with Gasteiger partial charge in [-0.1, -0.05) is 34.1 Å². The van der Waals surface area contributed by atoms with Gasteiger partial charge in [0.2, 0.25) is 5.91 Å². The van der Waals surface area contributed by atoms with Crippen LogP contribution in [0.4, 0.5) is 0 Å². The fourth-order valence-corrected chi connectivity index (χ4v) is 1.98. The van der Waals surface area contributed by atoms with Crippen molar-refractivity contribution in [1.29, 1.82) is 0 Å². The Labute approximate surface area is 104 Å². The van der Waals surface area contributed by atoms with Crippen LogP contribution in [-0.2, 0) is 9.53 Å². The first kappa shape index (κ1) is 14.2. The van der Waals surface area contributed by atoms with Gasteiger partial charge in [0.05, 0.1) is 0 Å². The van der Waals surface area contributed by atoms with Gasteiger partial charge in [-0.25, -0.2) is 0 Å². The number of ether oxygens (including phenoxy) is 1. The molecule has 1 amide bonds. The lowest BCUT2D eigenvalue weighted by Gasteiger charge is -2.30. The summed E-state index contributed by atoms with van der Waals surface area (Å²) in [4.78, 5) is 16.2. The predicted molar refractivity (Wildman–Crippen MR) is 69.1 cm³/mol. The first-order valence-corrected chi connectivity index (χ1v) is 6.40. The fraction of sp³-hybridized carbons (Fsp3) is 0.846. The molecule has 98 valence electrons. The number of amidine groups is 1. The summed E-state index contributed by atoms with van der Waals surface area (Å²) in [6.45, 7) is 10.9. The van der Waals surface area contributed by atoms with Gasteiger partial charge in [0.15, 0.2) is 0 Å². The van der Waals surface area contributed by atoms with Crippen LogP contribution in [0.15, 0.2) is 4.99 Å². The molecule has 0 bridgehead atoms. The highest BCUT2D eigenvalue weighted by Gasteiger charge is 2.36. The summed E-state index contributed by atoms with van der Waals surface area (Å²) in [7, 11) is 0. The highest BCUT2D eigenvalue weighted by molar-refractivity contribution is 6.07. The van der Waals surface area contributed by atoms with Crippen LogP contribution < -0.4 is 5.32 Å². The Kier molecular flexibility index (Phi) is 4.69. The Morgan fingerprint density at radius 3 is 2.53 bits per heavy atom. The largest absolute Gasteiger partial charge is 0.370 e. The van der Waals surface area contributed by atoms with Crippen LogP contribution in [0.1, 0.15) is 47.5 Å². The average molecular weight is 240 g/mol. The van der Waals surface area contributed by atoms with Crippen molar-refractivity contribution in [3.05, 3.63) is 0 Å². The van der Waals surface area contributed by atoms with Crippen molar-refractivity contribution >= 4 is 11.7 Å². The number of rotatable bonds is 5. The Morgan fingerprint density at radius 2 is 2.06 bits per heavy atom. The standard InChI is InChI=1S/C13H24N2O2/c1-6-8-9-12(16)15-11(14-9)10(17-7-2)13(3,4)5/h9-10H,6-8H2,1-5H3,(H,14,15,16). The highest BCUT2D eigenvalue weighted by Crippen LogP contribution is 2.25. The zero-order valence-corrected chi connectivity index (χ0v) is 11.5. The lowest BCUT2D eigenvalue weighted by molar-refractivity contribution is -0.120. The van der Waals surface area contributed by atoms with E-state index in [1.807, 2.05) is 6.92 Å². The van der Waals surface area contributed by atoms with Crippen molar-refractivity contribution in [2.45, 2.75) is 59.6 Å². The van der Waals surface area contributed by atoms with Crippen molar-refractivity contribution in [1.82, 2.24) is 5.32 Å². The summed E-state index contributed by atoms with van der Waals surface area (Å²) < 4.78 is 5.72. The van der Waals surface area contributed by atoms with E-state index in [4.69, 9.17) is 4.74 Å². The maximum absolute atomic E-state index is 11.7. The molecule has 2 unspecified atom stereocenters. The molecule has 1 aliphatic heterocycles. The Morgan fingerprint density at radius 1 is 1.41 bits per heavy atom. The topological polar surface area (TPSA) is 50.7 Å². The first-order chi connectivity index (χ1) is 7.90. The van der Waals surface area contributed by atoms with Crippen LogP contribution in [0, 0.1) is 5.41 Å². The quantitative estimate of drug-likeness (QED) is 0.800. The smallest absolute Gasteiger partial charge is 0.250 e. The predicted octanol–water partition coefficient (Wildman–Crippen LogP) is 2.13. The van der Waals surface area contributed by atoms with Gasteiger partial charge in [-0.3, -0.25) is 9.79 Å². The maximum Gasteiger partial charge on any atom is 0.250 e. The summed E-state index contributed by atoms with van der Waals surface area (Å²) >= 11 is 0. The molecule has 4 heteroatoms. The molecule has 0 fully saturated rings. The van der Waals surface area contributed by atoms with Gasteiger partial charge in [0.1, 0.15) is 18.0 Å². The molecular weight excluding hydrogens is 216 g/mol. The van der Waals surface area contributed by atoms with Crippen LogP contribution in [0.5, 0.6) is 0 Å². The van der Waals surface area contributed by atoms with E-state index in [-0.39, 0.29) is 23.5 Å². The number of hydrogen-bond acceptors (Lipinski definition) is 3. The molecule has 4 nitrogen and oxygen atoms in total. The molecule has 0 aromatic heterocycles. The number of nitrogens with one attached hydrogen (secondary N) is 1. The second-order valence-corrected chi connectivity index (χ2v) is 5.51. The van der Waals surface area contributed by atoms with Gasteiger partial charge in [0.25, 0.3) is 0 Å². The van der Waals surface area contributed by atoms with Crippen LogP contribution in [0.25, 0.3) is 0 Å². The van der Waals surface area contributed by atoms with Gasteiger partial charge >= 0.3 is 0 Å². The summed E-state index contributed by atoms with van der Waals surface area (Å²) in [5.74, 6) is 0.707. The highest BCUT2D eigenvalue weighted by atomic mass is 16.5. The molecule has 0 radical (unpaired) electrons. The molecule has 1 aliphatic rings. The van der Waals surface area contributed by atoms with Gasteiger partial charge in [-0.2, -0.15) is 0 Å². The van der Waals surface area contributed by atoms with Crippen molar-refractivity contribution < 1.29 is 9.53 Å². The molecule has 0 spiro atoms. The molecular formula is C13H24N2O2. The molecule has 1 rings (SSSR count). The lowest BCUT2D eigenvalue weighted by atomic mass is 9.88. The van der Waals surface area contributed by atoms with Crippen LogP contribution in [0.3, 0.4) is 0 Å². The zero-order chi connectivity index (χ0) is 13.1. The van der Waals surface area contributed by atoms with E-state index in [9.17, 15) is 4.79 Å². The summed E-state index contributed by atoms with van der Waals surface area (Å²) in [5.41, 5.74) is -0.0662. The third-order valence-corrected chi connectivity index (χ3v) is 2.78. The number of amides is 1. The lowest BCUT2D eigenvalue weighted by Crippen LogP contribution is -2.44. The number of carbonyl (C=O) groups excluding carboxylic acids is 1. The molecule has 0 saturated heterocycles. The molecule has 0 saturated carbocycles. The molecule has 0 aliphatic carbocycles. The third kappa shape index (κ3) is 3.53. The van der Waals surface area contributed by atoms with E-state index in [2.05, 4.69) is 38.0 Å². The number of aliphatic imine (C=N–C) groups is 1.